The molecule has 0 saturated carbocycles. The predicted molar refractivity (Wildman–Crippen MR) is 66.0 cm³/mol. The normalized spacial score (nSPS) is 24.7. The third-order valence-corrected chi connectivity index (χ3v) is 3.36. The van der Waals surface area contributed by atoms with E-state index in [9.17, 15) is 4.39 Å². The highest BCUT2D eigenvalue weighted by Crippen LogP contribution is 2.28. The number of benzene rings is 1. The van der Waals surface area contributed by atoms with Gasteiger partial charge in [0.15, 0.2) is 11.7 Å². The van der Waals surface area contributed by atoms with Crippen molar-refractivity contribution in [2.45, 2.75) is 12.6 Å². The standard InChI is InChI=1S/C11H13BrFN3O/c1-11(15-10(14)16(2)6-17-11)7-3-4-9(13)8(12)5-7/h3-5H,6H2,1-2H3,(H2,14,15). The molecule has 2 N–H and O–H groups in total. The highest BCUT2D eigenvalue weighted by molar-refractivity contribution is 9.10. The fraction of sp³-hybridized carbons (Fsp3) is 0.364. The molecule has 1 aliphatic heterocycles. The minimum atomic E-state index is -0.806. The van der Waals surface area contributed by atoms with Crippen LogP contribution in [0.1, 0.15) is 12.5 Å². The fourth-order valence-corrected chi connectivity index (χ4v) is 1.98. The summed E-state index contributed by atoms with van der Waals surface area (Å²) in [5.74, 6) is -0.0421. The van der Waals surface area contributed by atoms with E-state index in [1.54, 1.807) is 24.1 Å². The highest BCUT2D eigenvalue weighted by Gasteiger charge is 2.34. The lowest BCUT2D eigenvalue weighted by atomic mass is 10.0. The Balaban J connectivity index is 2.32. The second-order valence-electron chi connectivity index (χ2n) is 4.11. The van der Waals surface area contributed by atoms with Gasteiger partial charge in [0.05, 0.1) is 4.47 Å². The number of hydrogen-bond donors (Lipinski definition) is 2. The van der Waals surface area contributed by atoms with E-state index < -0.39 is 5.72 Å². The van der Waals surface area contributed by atoms with Crippen molar-refractivity contribution < 1.29 is 9.13 Å². The van der Waals surface area contributed by atoms with Gasteiger partial charge in [0.1, 0.15) is 12.5 Å². The maximum absolute atomic E-state index is 13.2. The minimum absolute atomic E-state index is 0.277. The maximum Gasteiger partial charge on any atom is 0.195 e. The van der Waals surface area contributed by atoms with Gasteiger partial charge in [0.25, 0.3) is 0 Å². The molecule has 0 radical (unpaired) electrons. The second-order valence-corrected chi connectivity index (χ2v) is 4.96. The van der Waals surface area contributed by atoms with Crippen LogP contribution in [0.3, 0.4) is 0 Å². The van der Waals surface area contributed by atoms with Crippen molar-refractivity contribution in [3.8, 4) is 0 Å². The maximum atomic E-state index is 13.2. The smallest absolute Gasteiger partial charge is 0.195 e. The van der Waals surface area contributed by atoms with Crippen molar-refractivity contribution >= 4 is 21.9 Å². The molecule has 1 aromatic carbocycles. The third kappa shape index (κ3) is 2.28. The molecule has 4 nitrogen and oxygen atoms in total. The number of nitrogens with one attached hydrogen (secondary N) is 2. The molecule has 1 aromatic rings. The largest absolute Gasteiger partial charge is 0.331 e. The molecule has 6 heteroatoms. The Morgan fingerprint density at radius 2 is 2.29 bits per heavy atom. The summed E-state index contributed by atoms with van der Waals surface area (Å²) in [5, 5.41) is 10.7. The molecular weight excluding hydrogens is 289 g/mol. The Bertz CT molecular complexity index is 468. The molecule has 1 saturated heterocycles. The molecule has 17 heavy (non-hydrogen) atoms. The zero-order chi connectivity index (χ0) is 12.6. The van der Waals surface area contributed by atoms with E-state index in [-0.39, 0.29) is 11.8 Å². The molecule has 2 rings (SSSR count). The van der Waals surface area contributed by atoms with Gasteiger partial charge in [0.2, 0.25) is 0 Å². The lowest BCUT2D eigenvalue weighted by molar-refractivity contribution is -0.102. The highest BCUT2D eigenvalue weighted by atomic mass is 79.9. The number of nitrogens with zero attached hydrogens (tertiary/aromatic N) is 1. The molecule has 1 heterocycles. The quantitative estimate of drug-likeness (QED) is 0.836. The van der Waals surface area contributed by atoms with Crippen molar-refractivity contribution in [2.75, 3.05) is 13.8 Å². The Labute approximate surface area is 107 Å². The molecule has 0 bridgehead atoms. The first-order valence-corrected chi connectivity index (χ1v) is 5.89. The van der Waals surface area contributed by atoms with Crippen molar-refractivity contribution in [1.29, 1.82) is 5.41 Å². The fourth-order valence-electron chi connectivity index (χ4n) is 1.60. The first-order valence-electron chi connectivity index (χ1n) is 5.10. The second kappa shape index (κ2) is 4.27. The first kappa shape index (κ1) is 12.3. The monoisotopic (exact) mass is 301 g/mol. The minimum Gasteiger partial charge on any atom is -0.331 e. The van der Waals surface area contributed by atoms with Crippen LogP contribution in [0.5, 0.6) is 0 Å². The number of rotatable bonds is 1. The topological polar surface area (TPSA) is 48.4 Å². The molecule has 0 aliphatic carbocycles. The molecule has 92 valence electrons. The summed E-state index contributed by atoms with van der Waals surface area (Å²) < 4.78 is 19.2. The van der Waals surface area contributed by atoms with Gasteiger partial charge in [-0.25, -0.2) is 4.39 Å². The Morgan fingerprint density at radius 3 is 2.88 bits per heavy atom. The number of halogens is 2. The Morgan fingerprint density at radius 1 is 1.59 bits per heavy atom. The number of hydrogen-bond acceptors (Lipinski definition) is 2. The van der Waals surface area contributed by atoms with E-state index >= 15 is 0 Å². The van der Waals surface area contributed by atoms with E-state index in [0.717, 1.165) is 5.56 Å². The lowest BCUT2D eigenvalue weighted by Gasteiger charge is -2.40. The van der Waals surface area contributed by atoms with E-state index in [1.807, 2.05) is 6.92 Å². The third-order valence-electron chi connectivity index (χ3n) is 2.76. The van der Waals surface area contributed by atoms with E-state index in [4.69, 9.17) is 10.1 Å². The van der Waals surface area contributed by atoms with Crippen LogP contribution in [-0.2, 0) is 10.5 Å². The molecule has 0 spiro atoms. The molecule has 1 unspecified atom stereocenters. The van der Waals surface area contributed by atoms with E-state index in [0.29, 0.717) is 11.2 Å². The van der Waals surface area contributed by atoms with Crippen LogP contribution in [-0.4, -0.2) is 24.6 Å². The van der Waals surface area contributed by atoms with Crippen molar-refractivity contribution in [3.63, 3.8) is 0 Å². The predicted octanol–water partition coefficient (Wildman–Crippen LogP) is 2.20. The molecule has 0 amide bonds. The zero-order valence-electron chi connectivity index (χ0n) is 9.55. The summed E-state index contributed by atoms with van der Waals surface area (Å²) in [7, 11) is 1.76. The van der Waals surface area contributed by atoms with E-state index in [2.05, 4.69) is 21.2 Å². The van der Waals surface area contributed by atoms with Crippen LogP contribution >= 0.6 is 15.9 Å². The van der Waals surface area contributed by atoms with Crippen LogP contribution in [0.4, 0.5) is 4.39 Å². The van der Waals surface area contributed by atoms with Crippen molar-refractivity contribution in [1.82, 2.24) is 10.2 Å². The average Bonchev–Trinajstić information content (AvgIpc) is 2.28. The van der Waals surface area contributed by atoms with Gasteiger partial charge in [-0.2, -0.15) is 0 Å². The van der Waals surface area contributed by atoms with Crippen LogP contribution in [0.15, 0.2) is 22.7 Å². The van der Waals surface area contributed by atoms with Crippen molar-refractivity contribution in [3.05, 3.63) is 34.1 Å². The Kier molecular flexibility index (Phi) is 3.09. The van der Waals surface area contributed by atoms with Crippen LogP contribution in [0, 0.1) is 11.2 Å². The molecule has 1 atom stereocenters. The zero-order valence-corrected chi connectivity index (χ0v) is 11.1. The summed E-state index contributed by atoms with van der Waals surface area (Å²) in [6.45, 7) is 2.13. The van der Waals surface area contributed by atoms with Gasteiger partial charge in [-0.1, -0.05) is 6.07 Å². The molecule has 1 fully saturated rings. The average molecular weight is 302 g/mol. The molecule has 0 aromatic heterocycles. The van der Waals surface area contributed by atoms with Gasteiger partial charge in [0, 0.05) is 12.6 Å². The summed E-state index contributed by atoms with van der Waals surface area (Å²) in [6.07, 6.45) is 0. The summed E-state index contributed by atoms with van der Waals surface area (Å²) in [4.78, 5) is 1.64. The first-order chi connectivity index (χ1) is 7.92. The molecule has 1 aliphatic rings. The van der Waals surface area contributed by atoms with Crippen LogP contribution < -0.4 is 5.32 Å². The number of guanidine groups is 1. The van der Waals surface area contributed by atoms with Crippen LogP contribution in [0.25, 0.3) is 0 Å². The summed E-state index contributed by atoms with van der Waals surface area (Å²) >= 11 is 3.14. The summed E-state index contributed by atoms with van der Waals surface area (Å²) in [6, 6.07) is 4.67. The van der Waals surface area contributed by atoms with Crippen LogP contribution in [0.2, 0.25) is 0 Å². The van der Waals surface area contributed by atoms with Gasteiger partial charge in [-0.05, 0) is 35.0 Å². The van der Waals surface area contributed by atoms with Gasteiger partial charge in [-0.15, -0.1) is 0 Å². The Hall–Kier alpha value is -1.14. The van der Waals surface area contributed by atoms with Gasteiger partial charge in [-0.3, -0.25) is 5.41 Å². The van der Waals surface area contributed by atoms with E-state index in [1.165, 1.54) is 6.07 Å². The van der Waals surface area contributed by atoms with Crippen molar-refractivity contribution in [2.24, 2.45) is 0 Å². The van der Waals surface area contributed by atoms with Gasteiger partial charge >= 0.3 is 0 Å². The summed E-state index contributed by atoms with van der Waals surface area (Å²) in [5.41, 5.74) is -0.0385. The SMILES string of the molecule is CN1COC(C)(c2ccc(F)c(Br)c2)NC1=N. The lowest BCUT2D eigenvalue weighted by Crippen LogP contribution is -2.57. The van der Waals surface area contributed by atoms with Gasteiger partial charge < -0.3 is 15.0 Å². The number of ether oxygens (including phenoxy) is 1. The molecular formula is C11H13BrFN3O.